The van der Waals surface area contributed by atoms with Gasteiger partial charge in [0.25, 0.3) is 0 Å². The van der Waals surface area contributed by atoms with E-state index in [0.29, 0.717) is 12.0 Å². The smallest absolute Gasteiger partial charge is 0.0575 e. The summed E-state index contributed by atoms with van der Waals surface area (Å²) in [7, 11) is 0. The van der Waals surface area contributed by atoms with Crippen molar-refractivity contribution >= 4 is 0 Å². The van der Waals surface area contributed by atoms with Crippen LogP contribution in [-0.4, -0.2) is 12.7 Å². The van der Waals surface area contributed by atoms with Crippen LogP contribution >= 0.6 is 0 Å². The van der Waals surface area contributed by atoms with Crippen molar-refractivity contribution in [2.75, 3.05) is 6.61 Å². The van der Waals surface area contributed by atoms with E-state index in [1.165, 1.54) is 68.9 Å². The Morgan fingerprint density at radius 2 is 1.76 bits per heavy atom. The number of ether oxygens (including phenoxy) is 1. The Morgan fingerprint density at radius 1 is 0.952 bits per heavy atom. The first-order valence-electron chi connectivity index (χ1n) is 9.04. The van der Waals surface area contributed by atoms with Gasteiger partial charge < -0.3 is 4.74 Å². The van der Waals surface area contributed by atoms with E-state index in [2.05, 4.69) is 38.1 Å². The van der Waals surface area contributed by atoms with Crippen LogP contribution in [-0.2, 0) is 11.2 Å². The number of rotatable bonds is 8. The van der Waals surface area contributed by atoms with Gasteiger partial charge in [-0.1, -0.05) is 63.8 Å². The SMILES string of the molecule is CCCCCCc1ccc(C2CCC(CCC)OC2)cc1. The standard InChI is InChI=1S/C20H32O/c1-3-5-6-7-9-17-10-12-18(13-11-17)19-14-15-20(8-4-2)21-16-19/h10-13,19-20H,3-9,14-16H2,1-2H3. The lowest BCUT2D eigenvalue weighted by molar-refractivity contribution is -0.00111. The van der Waals surface area contributed by atoms with Gasteiger partial charge in [0.1, 0.15) is 0 Å². The monoisotopic (exact) mass is 288 g/mol. The van der Waals surface area contributed by atoms with Crippen LogP contribution in [0.2, 0.25) is 0 Å². The normalized spacial score (nSPS) is 22.4. The molecule has 118 valence electrons. The second-order valence-corrected chi connectivity index (χ2v) is 6.57. The fourth-order valence-corrected chi connectivity index (χ4v) is 3.33. The third-order valence-corrected chi connectivity index (χ3v) is 4.75. The maximum absolute atomic E-state index is 6.01. The van der Waals surface area contributed by atoms with E-state index in [9.17, 15) is 0 Å². The van der Waals surface area contributed by atoms with Crippen molar-refractivity contribution in [2.45, 2.75) is 83.7 Å². The number of unbranched alkanes of at least 4 members (excludes halogenated alkanes) is 3. The van der Waals surface area contributed by atoms with Crippen LogP contribution in [0.15, 0.2) is 24.3 Å². The number of aryl methyl sites for hydroxylation is 1. The van der Waals surface area contributed by atoms with Crippen LogP contribution in [0.3, 0.4) is 0 Å². The third-order valence-electron chi connectivity index (χ3n) is 4.75. The molecule has 1 aromatic carbocycles. The molecule has 1 nitrogen and oxygen atoms in total. The van der Waals surface area contributed by atoms with Gasteiger partial charge in [0.2, 0.25) is 0 Å². The second-order valence-electron chi connectivity index (χ2n) is 6.57. The fourth-order valence-electron chi connectivity index (χ4n) is 3.33. The van der Waals surface area contributed by atoms with E-state index >= 15 is 0 Å². The van der Waals surface area contributed by atoms with E-state index in [1.54, 1.807) is 0 Å². The molecule has 1 heterocycles. The molecular formula is C20H32O. The largest absolute Gasteiger partial charge is 0.378 e. The molecule has 0 saturated carbocycles. The summed E-state index contributed by atoms with van der Waals surface area (Å²) in [5.74, 6) is 0.618. The molecule has 2 atom stereocenters. The minimum Gasteiger partial charge on any atom is -0.378 e. The molecule has 0 bridgehead atoms. The zero-order valence-electron chi connectivity index (χ0n) is 13.9. The van der Waals surface area contributed by atoms with Crippen molar-refractivity contribution in [2.24, 2.45) is 0 Å². The van der Waals surface area contributed by atoms with Gasteiger partial charge in [0, 0.05) is 5.92 Å². The maximum atomic E-state index is 6.01. The Bertz CT molecular complexity index is 373. The first-order valence-corrected chi connectivity index (χ1v) is 9.04. The van der Waals surface area contributed by atoms with E-state index in [4.69, 9.17) is 4.74 Å². The molecule has 0 aromatic heterocycles. The lowest BCUT2D eigenvalue weighted by Gasteiger charge is -2.29. The van der Waals surface area contributed by atoms with E-state index in [0.717, 1.165) is 6.61 Å². The Hall–Kier alpha value is -0.820. The van der Waals surface area contributed by atoms with Crippen LogP contribution in [0, 0.1) is 0 Å². The van der Waals surface area contributed by atoms with Crippen LogP contribution in [0.1, 0.15) is 82.3 Å². The first-order chi connectivity index (χ1) is 10.3. The summed E-state index contributed by atoms with van der Waals surface area (Å²) >= 11 is 0. The highest BCUT2D eigenvalue weighted by atomic mass is 16.5. The van der Waals surface area contributed by atoms with Gasteiger partial charge in [-0.25, -0.2) is 0 Å². The van der Waals surface area contributed by atoms with Gasteiger partial charge in [-0.05, 0) is 43.2 Å². The highest BCUT2D eigenvalue weighted by Crippen LogP contribution is 2.29. The van der Waals surface area contributed by atoms with E-state index < -0.39 is 0 Å². The molecule has 1 fully saturated rings. The quantitative estimate of drug-likeness (QED) is 0.543. The zero-order valence-corrected chi connectivity index (χ0v) is 13.9. The molecule has 1 aliphatic heterocycles. The highest BCUT2D eigenvalue weighted by molar-refractivity contribution is 5.26. The topological polar surface area (TPSA) is 9.23 Å². The van der Waals surface area contributed by atoms with Crippen LogP contribution in [0.4, 0.5) is 0 Å². The van der Waals surface area contributed by atoms with E-state index in [-0.39, 0.29) is 0 Å². The van der Waals surface area contributed by atoms with Crippen molar-refractivity contribution in [3.8, 4) is 0 Å². The number of hydrogen-bond acceptors (Lipinski definition) is 1. The molecule has 2 rings (SSSR count). The molecule has 1 saturated heterocycles. The highest BCUT2D eigenvalue weighted by Gasteiger charge is 2.22. The van der Waals surface area contributed by atoms with Gasteiger partial charge in [-0.15, -0.1) is 0 Å². The molecule has 21 heavy (non-hydrogen) atoms. The minimum absolute atomic E-state index is 0.518. The molecule has 0 N–H and O–H groups in total. The Labute approximate surface area is 131 Å². The summed E-state index contributed by atoms with van der Waals surface area (Å²) in [5, 5.41) is 0. The van der Waals surface area contributed by atoms with Crippen LogP contribution < -0.4 is 0 Å². The molecule has 2 unspecified atom stereocenters. The summed E-state index contributed by atoms with van der Waals surface area (Å²) in [5.41, 5.74) is 2.97. The molecule has 0 aliphatic carbocycles. The summed E-state index contributed by atoms with van der Waals surface area (Å²) in [6, 6.07) is 9.34. The van der Waals surface area contributed by atoms with Crippen molar-refractivity contribution in [1.82, 2.24) is 0 Å². The lowest BCUT2D eigenvalue weighted by atomic mass is 9.89. The van der Waals surface area contributed by atoms with Gasteiger partial charge in [-0.2, -0.15) is 0 Å². The average molecular weight is 288 g/mol. The van der Waals surface area contributed by atoms with Crippen molar-refractivity contribution in [1.29, 1.82) is 0 Å². The van der Waals surface area contributed by atoms with E-state index in [1.807, 2.05) is 0 Å². The molecule has 0 amide bonds. The van der Waals surface area contributed by atoms with Crippen LogP contribution in [0.25, 0.3) is 0 Å². The number of hydrogen-bond donors (Lipinski definition) is 0. The van der Waals surface area contributed by atoms with Gasteiger partial charge >= 0.3 is 0 Å². The lowest BCUT2D eigenvalue weighted by Crippen LogP contribution is -2.24. The van der Waals surface area contributed by atoms with Crippen LogP contribution in [0.5, 0.6) is 0 Å². The summed E-state index contributed by atoms with van der Waals surface area (Å²) < 4.78 is 6.01. The van der Waals surface area contributed by atoms with Gasteiger partial charge in [0.15, 0.2) is 0 Å². The first kappa shape index (κ1) is 16.5. The average Bonchev–Trinajstić information content (AvgIpc) is 2.53. The van der Waals surface area contributed by atoms with Crippen molar-refractivity contribution in [3.05, 3.63) is 35.4 Å². The number of benzene rings is 1. The van der Waals surface area contributed by atoms with Crippen molar-refractivity contribution in [3.63, 3.8) is 0 Å². The molecule has 0 radical (unpaired) electrons. The Morgan fingerprint density at radius 3 is 2.38 bits per heavy atom. The molecule has 0 spiro atoms. The molecular weight excluding hydrogens is 256 g/mol. The van der Waals surface area contributed by atoms with Crippen molar-refractivity contribution < 1.29 is 4.74 Å². The van der Waals surface area contributed by atoms with Gasteiger partial charge in [-0.3, -0.25) is 0 Å². The molecule has 1 heteroatoms. The fraction of sp³-hybridized carbons (Fsp3) is 0.700. The Kier molecular flexibility index (Phi) is 7.29. The predicted octanol–water partition coefficient (Wildman–Crippen LogP) is 5.87. The minimum atomic E-state index is 0.518. The summed E-state index contributed by atoms with van der Waals surface area (Å²) in [4.78, 5) is 0. The summed E-state index contributed by atoms with van der Waals surface area (Å²) in [6.07, 6.45) is 12.1. The molecule has 1 aromatic rings. The third kappa shape index (κ3) is 5.47. The maximum Gasteiger partial charge on any atom is 0.0575 e. The predicted molar refractivity (Wildman–Crippen MR) is 90.9 cm³/mol. The van der Waals surface area contributed by atoms with Gasteiger partial charge in [0.05, 0.1) is 12.7 Å². The second kappa shape index (κ2) is 9.25. The zero-order chi connectivity index (χ0) is 14.9. The Balaban J connectivity index is 1.77. The molecule has 1 aliphatic rings. The summed E-state index contributed by atoms with van der Waals surface area (Å²) in [6.45, 7) is 5.43.